The molecule has 1 fully saturated rings. The van der Waals surface area contributed by atoms with Crippen LogP contribution in [0.3, 0.4) is 0 Å². The van der Waals surface area contributed by atoms with Gasteiger partial charge in [0.25, 0.3) is 0 Å². The first-order valence-corrected chi connectivity index (χ1v) is 6.89. The van der Waals surface area contributed by atoms with Crippen LogP contribution in [0.1, 0.15) is 31.4 Å². The molecular weight excluding hydrogens is 299 g/mol. The Morgan fingerprint density at radius 3 is 2.65 bits per heavy atom. The first kappa shape index (κ1) is 17.2. The number of carbonyl (C=O) groups is 1. The fraction of sp³-hybridized carbons (Fsp3) is 0.500. The number of nitrogens with two attached hydrogens (primary N) is 1. The lowest BCUT2D eigenvalue weighted by Gasteiger charge is -2.18. The molecule has 1 heterocycles. The molecule has 1 saturated heterocycles. The molecule has 1 aromatic rings. The van der Waals surface area contributed by atoms with Gasteiger partial charge in [-0.05, 0) is 37.5 Å². The summed E-state index contributed by atoms with van der Waals surface area (Å²) in [7, 11) is 0. The van der Waals surface area contributed by atoms with Crippen molar-refractivity contribution in [2.75, 3.05) is 6.54 Å². The second kappa shape index (κ2) is 7.84. The Morgan fingerprint density at radius 2 is 2.10 bits per heavy atom. The van der Waals surface area contributed by atoms with Crippen LogP contribution in [0.25, 0.3) is 0 Å². The number of hydrogen-bond donors (Lipinski definition) is 2. The predicted molar refractivity (Wildman–Crippen MR) is 82.2 cm³/mol. The van der Waals surface area contributed by atoms with Crippen molar-refractivity contribution in [2.24, 2.45) is 5.73 Å². The monoisotopic (exact) mass is 318 g/mol. The minimum atomic E-state index is -0.372. The zero-order valence-corrected chi connectivity index (χ0v) is 12.9. The van der Waals surface area contributed by atoms with Gasteiger partial charge in [-0.2, -0.15) is 0 Å². The Kier molecular flexibility index (Phi) is 6.76. The summed E-state index contributed by atoms with van der Waals surface area (Å²) in [5.74, 6) is -0.0709. The van der Waals surface area contributed by atoms with Gasteiger partial charge in [0.1, 0.15) is 6.10 Å². The van der Waals surface area contributed by atoms with E-state index >= 15 is 0 Å². The molecule has 0 radical (unpaired) electrons. The molecule has 0 aliphatic carbocycles. The third-order valence-electron chi connectivity index (χ3n) is 3.39. The van der Waals surface area contributed by atoms with Crippen LogP contribution >= 0.6 is 24.0 Å². The fourth-order valence-corrected chi connectivity index (χ4v) is 2.34. The summed E-state index contributed by atoms with van der Waals surface area (Å²) in [4.78, 5) is 12.1. The van der Waals surface area contributed by atoms with Crippen molar-refractivity contribution >= 4 is 29.9 Å². The number of hydrogen-bond acceptors (Lipinski definition) is 3. The first-order chi connectivity index (χ1) is 9.10. The average Bonchev–Trinajstić information content (AvgIpc) is 2.88. The first-order valence-electron chi connectivity index (χ1n) is 6.51. The molecule has 3 atom stereocenters. The summed E-state index contributed by atoms with van der Waals surface area (Å²) in [6.45, 7) is 2.41. The molecule has 0 saturated carbocycles. The fourth-order valence-electron chi connectivity index (χ4n) is 2.21. The van der Waals surface area contributed by atoms with Gasteiger partial charge < -0.3 is 15.8 Å². The molecule has 6 heteroatoms. The summed E-state index contributed by atoms with van der Waals surface area (Å²) in [5, 5.41) is 3.64. The number of carbonyl (C=O) groups excluding carboxylic acids is 1. The number of ether oxygens (including phenoxy) is 1. The normalized spacial score (nSPS) is 22.9. The maximum Gasteiger partial charge on any atom is 0.249 e. The van der Waals surface area contributed by atoms with Crippen molar-refractivity contribution in [3.8, 4) is 0 Å². The second-order valence-electron chi connectivity index (χ2n) is 4.84. The van der Waals surface area contributed by atoms with E-state index in [1.54, 1.807) is 0 Å². The molecule has 0 aromatic heterocycles. The molecule has 1 amide bonds. The standard InChI is InChI=1S/C14H19ClN2O2.ClH/c1-9(10-2-4-11(15)5-3-10)17-14(18)13-7-6-12(8-16)19-13;/h2-5,9,12-13H,6-8,16H2,1H3,(H,17,18);1H/t9?,12-,13+;/m1./s1. The van der Waals surface area contributed by atoms with Crippen molar-refractivity contribution < 1.29 is 9.53 Å². The summed E-state index contributed by atoms with van der Waals surface area (Å²) in [6, 6.07) is 7.38. The van der Waals surface area contributed by atoms with Crippen LogP contribution in [-0.2, 0) is 9.53 Å². The Balaban J connectivity index is 0.00000200. The summed E-state index contributed by atoms with van der Waals surface area (Å²) >= 11 is 5.84. The molecule has 112 valence electrons. The number of benzene rings is 1. The lowest BCUT2D eigenvalue weighted by molar-refractivity contribution is -0.132. The van der Waals surface area contributed by atoms with Gasteiger partial charge in [0, 0.05) is 11.6 Å². The quantitative estimate of drug-likeness (QED) is 0.896. The van der Waals surface area contributed by atoms with Gasteiger partial charge in [0.2, 0.25) is 5.91 Å². The van der Waals surface area contributed by atoms with Crippen LogP contribution in [0.5, 0.6) is 0 Å². The molecule has 0 bridgehead atoms. The molecule has 3 N–H and O–H groups in total. The topological polar surface area (TPSA) is 64.4 Å². The third kappa shape index (κ3) is 4.35. The summed E-state index contributed by atoms with van der Waals surface area (Å²) in [5.41, 5.74) is 6.55. The summed E-state index contributed by atoms with van der Waals surface area (Å²) in [6.07, 6.45) is 1.23. The molecule has 1 aliphatic heterocycles. The van der Waals surface area contributed by atoms with Gasteiger partial charge in [0.15, 0.2) is 0 Å². The van der Waals surface area contributed by atoms with Gasteiger partial charge in [-0.1, -0.05) is 23.7 Å². The lowest BCUT2D eigenvalue weighted by atomic mass is 10.1. The van der Waals surface area contributed by atoms with E-state index in [2.05, 4.69) is 5.32 Å². The molecule has 4 nitrogen and oxygen atoms in total. The van der Waals surface area contributed by atoms with Gasteiger partial charge >= 0.3 is 0 Å². The SMILES string of the molecule is CC(NC(=O)[C@@H]1CC[C@H](CN)O1)c1ccc(Cl)cc1.Cl. The highest BCUT2D eigenvalue weighted by atomic mass is 35.5. The van der Waals surface area contributed by atoms with Crippen molar-refractivity contribution in [2.45, 2.75) is 38.0 Å². The Labute approximate surface area is 130 Å². The van der Waals surface area contributed by atoms with Gasteiger partial charge in [-0.3, -0.25) is 4.79 Å². The predicted octanol–water partition coefficient (Wildman–Crippen LogP) is 2.45. The van der Waals surface area contributed by atoms with E-state index in [0.717, 1.165) is 18.4 Å². The smallest absolute Gasteiger partial charge is 0.249 e. The summed E-state index contributed by atoms with van der Waals surface area (Å²) < 4.78 is 5.57. The maximum atomic E-state index is 12.1. The average molecular weight is 319 g/mol. The van der Waals surface area contributed by atoms with Crippen LogP contribution in [0, 0.1) is 0 Å². The van der Waals surface area contributed by atoms with E-state index in [9.17, 15) is 4.79 Å². The Hall–Kier alpha value is -0.810. The van der Waals surface area contributed by atoms with Crippen molar-refractivity contribution in [1.82, 2.24) is 5.32 Å². The minimum absolute atomic E-state index is 0. The number of amides is 1. The van der Waals surface area contributed by atoms with E-state index in [0.29, 0.717) is 11.6 Å². The molecular formula is C14H20Cl2N2O2. The Bertz CT molecular complexity index is 439. The second-order valence-corrected chi connectivity index (χ2v) is 5.28. The van der Waals surface area contributed by atoms with Crippen LogP contribution in [0.15, 0.2) is 24.3 Å². The van der Waals surface area contributed by atoms with Crippen LogP contribution < -0.4 is 11.1 Å². The molecule has 20 heavy (non-hydrogen) atoms. The Morgan fingerprint density at radius 1 is 1.45 bits per heavy atom. The van der Waals surface area contributed by atoms with E-state index in [4.69, 9.17) is 22.1 Å². The maximum absolute atomic E-state index is 12.1. The highest BCUT2D eigenvalue weighted by Gasteiger charge is 2.30. The van der Waals surface area contributed by atoms with Crippen LogP contribution in [-0.4, -0.2) is 24.7 Å². The molecule has 0 spiro atoms. The number of nitrogens with one attached hydrogen (secondary N) is 1. The largest absolute Gasteiger partial charge is 0.364 e. The zero-order valence-electron chi connectivity index (χ0n) is 11.3. The van der Waals surface area contributed by atoms with Crippen LogP contribution in [0.4, 0.5) is 0 Å². The lowest BCUT2D eigenvalue weighted by Crippen LogP contribution is -2.36. The van der Waals surface area contributed by atoms with Gasteiger partial charge in [0.05, 0.1) is 12.1 Å². The van der Waals surface area contributed by atoms with E-state index in [-0.39, 0.29) is 36.6 Å². The minimum Gasteiger partial charge on any atom is -0.364 e. The van der Waals surface area contributed by atoms with E-state index in [1.807, 2.05) is 31.2 Å². The highest BCUT2D eigenvalue weighted by Crippen LogP contribution is 2.21. The van der Waals surface area contributed by atoms with Gasteiger partial charge in [-0.25, -0.2) is 0 Å². The van der Waals surface area contributed by atoms with Crippen molar-refractivity contribution in [1.29, 1.82) is 0 Å². The van der Waals surface area contributed by atoms with E-state index in [1.165, 1.54) is 0 Å². The molecule has 1 aromatic carbocycles. The van der Waals surface area contributed by atoms with E-state index < -0.39 is 0 Å². The van der Waals surface area contributed by atoms with Crippen LogP contribution in [0.2, 0.25) is 5.02 Å². The molecule has 1 unspecified atom stereocenters. The molecule has 2 rings (SSSR count). The molecule has 1 aliphatic rings. The highest BCUT2D eigenvalue weighted by molar-refractivity contribution is 6.30. The van der Waals surface area contributed by atoms with Crippen molar-refractivity contribution in [3.63, 3.8) is 0 Å². The third-order valence-corrected chi connectivity index (χ3v) is 3.64. The number of halogens is 2. The number of rotatable bonds is 4. The zero-order chi connectivity index (χ0) is 13.8. The van der Waals surface area contributed by atoms with Crippen molar-refractivity contribution in [3.05, 3.63) is 34.9 Å². The van der Waals surface area contributed by atoms with Gasteiger partial charge in [-0.15, -0.1) is 12.4 Å².